The van der Waals surface area contributed by atoms with Crippen LogP contribution in [0.15, 0.2) is 24.3 Å². The molecule has 7 heteroatoms. The zero-order chi connectivity index (χ0) is 14.6. The third-order valence-corrected chi connectivity index (χ3v) is 3.21. The van der Waals surface area contributed by atoms with Gasteiger partial charge in [-0.3, -0.25) is 4.79 Å². The van der Waals surface area contributed by atoms with Crippen LogP contribution in [0.25, 0.3) is 0 Å². The van der Waals surface area contributed by atoms with E-state index in [-0.39, 0.29) is 29.9 Å². The van der Waals surface area contributed by atoms with E-state index in [9.17, 15) is 18.0 Å². The van der Waals surface area contributed by atoms with Crippen LogP contribution in [0.1, 0.15) is 24.8 Å². The molecule has 2 N–H and O–H groups in total. The lowest BCUT2D eigenvalue weighted by Gasteiger charge is -2.12. The number of hydrogen-bond donors (Lipinski definition) is 2. The van der Waals surface area contributed by atoms with Gasteiger partial charge >= 0.3 is 6.18 Å². The van der Waals surface area contributed by atoms with Crippen LogP contribution in [-0.4, -0.2) is 24.7 Å². The van der Waals surface area contributed by atoms with Crippen LogP contribution in [-0.2, 0) is 11.2 Å². The fourth-order valence-corrected chi connectivity index (χ4v) is 2.36. The molecule has 0 bridgehead atoms. The first kappa shape index (κ1) is 17.8. The number of nitrogens with one attached hydrogen (secondary N) is 2. The molecule has 0 spiro atoms. The van der Waals surface area contributed by atoms with Crippen LogP contribution >= 0.6 is 12.4 Å². The minimum atomic E-state index is -4.24. The molecule has 1 aliphatic rings. The van der Waals surface area contributed by atoms with Crippen LogP contribution in [0.5, 0.6) is 0 Å². The molecule has 0 saturated carbocycles. The third-order valence-electron chi connectivity index (χ3n) is 3.21. The molecule has 2 rings (SSSR count). The molecule has 1 amide bonds. The molecule has 1 aromatic carbocycles. The van der Waals surface area contributed by atoms with Gasteiger partial charge in [-0.25, -0.2) is 0 Å². The van der Waals surface area contributed by atoms with Crippen molar-refractivity contribution in [1.29, 1.82) is 0 Å². The molecule has 1 heterocycles. The van der Waals surface area contributed by atoms with E-state index in [2.05, 4.69) is 10.6 Å². The fraction of sp³-hybridized carbons (Fsp3) is 0.500. The number of anilines is 1. The minimum absolute atomic E-state index is 0. The fourth-order valence-electron chi connectivity index (χ4n) is 2.36. The molecule has 0 radical (unpaired) electrons. The maximum absolute atomic E-state index is 12.3. The molecule has 1 saturated heterocycles. The number of alkyl halides is 3. The van der Waals surface area contributed by atoms with Crippen LogP contribution in [0, 0.1) is 0 Å². The SMILES string of the molecule is Cl.O=C(CC1CCCN1)Nc1cccc(CC(F)(F)F)c1. The molecule has 1 atom stereocenters. The molecule has 1 unspecified atom stereocenters. The highest BCUT2D eigenvalue weighted by Gasteiger charge is 2.27. The van der Waals surface area contributed by atoms with Crippen molar-refractivity contribution < 1.29 is 18.0 Å². The van der Waals surface area contributed by atoms with Crippen molar-refractivity contribution in [2.24, 2.45) is 0 Å². The predicted octanol–water partition coefficient (Wildman–Crippen LogP) is 3.29. The zero-order valence-corrected chi connectivity index (χ0v) is 12.2. The second kappa shape index (κ2) is 7.66. The van der Waals surface area contributed by atoms with E-state index in [4.69, 9.17) is 0 Å². The summed E-state index contributed by atoms with van der Waals surface area (Å²) >= 11 is 0. The summed E-state index contributed by atoms with van der Waals surface area (Å²) < 4.78 is 36.9. The summed E-state index contributed by atoms with van der Waals surface area (Å²) in [7, 11) is 0. The Hall–Kier alpha value is -1.27. The Morgan fingerprint density at radius 2 is 2.14 bits per heavy atom. The number of carbonyl (C=O) groups excluding carboxylic acids is 1. The van der Waals surface area contributed by atoms with E-state index in [0.717, 1.165) is 19.4 Å². The van der Waals surface area contributed by atoms with E-state index in [0.29, 0.717) is 12.1 Å². The van der Waals surface area contributed by atoms with Gasteiger partial charge in [0.25, 0.3) is 0 Å². The Bertz CT molecular complexity index is 474. The van der Waals surface area contributed by atoms with E-state index >= 15 is 0 Å². The molecular weight excluding hydrogens is 305 g/mol. The highest BCUT2D eigenvalue weighted by Crippen LogP contribution is 2.23. The summed E-state index contributed by atoms with van der Waals surface area (Å²) in [5.74, 6) is -0.173. The van der Waals surface area contributed by atoms with Crippen LogP contribution in [0.3, 0.4) is 0 Å². The topological polar surface area (TPSA) is 41.1 Å². The maximum Gasteiger partial charge on any atom is 0.393 e. The maximum atomic E-state index is 12.3. The van der Waals surface area contributed by atoms with Gasteiger partial charge < -0.3 is 10.6 Å². The van der Waals surface area contributed by atoms with Crippen molar-refractivity contribution in [1.82, 2.24) is 5.32 Å². The number of halogens is 4. The summed E-state index contributed by atoms with van der Waals surface area (Å²) in [5.41, 5.74) is 0.559. The van der Waals surface area contributed by atoms with Gasteiger partial charge in [0.15, 0.2) is 0 Å². The Morgan fingerprint density at radius 1 is 1.38 bits per heavy atom. The minimum Gasteiger partial charge on any atom is -0.326 e. The van der Waals surface area contributed by atoms with E-state index in [1.54, 1.807) is 6.07 Å². The molecule has 21 heavy (non-hydrogen) atoms. The van der Waals surface area contributed by atoms with Gasteiger partial charge in [-0.2, -0.15) is 13.2 Å². The second-order valence-electron chi connectivity index (χ2n) is 5.04. The number of hydrogen-bond acceptors (Lipinski definition) is 2. The van der Waals surface area contributed by atoms with Crippen LogP contribution in [0.4, 0.5) is 18.9 Å². The van der Waals surface area contributed by atoms with Crippen LogP contribution in [0.2, 0.25) is 0 Å². The Labute approximate surface area is 127 Å². The number of carbonyl (C=O) groups is 1. The third kappa shape index (κ3) is 6.35. The lowest BCUT2D eigenvalue weighted by atomic mass is 10.1. The van der Waals surface area contributed by atoms with Crippen molar-refractivity contribution in [2.45, 2.75) is 37.9 Å². The average molecular weight is 323 g/mol. The first-order valence-corrected chi connectivity index (χ1v) is 6.61. The van der Waals surface area contributed by atoms with E-state index in [1.165, 1.54) is 18.2 Å². The molecule has 1 aliphatic heterocycles. The highest BCUT2D eigenvalue weighted by molar-refractivity contribution is 5.91. The molecule has 118 valence electrons. The second-order valence-corrected chi connectivity index (χ2v) is 5.04. The highest BCUT2D eigenvalue weighted by atomic mass is 35.5. The smallest absolute Gasteiger partial charge is 0.326 e. The normalized spacial score (nSPS) is 18.1. The van der Waals surface area contributed by atoms with Crippen molar-refractivity contribution in [2.75, 3.05) is 11.9 Å². The van der Waals surface area contributed by atoms with Gasteiger partial charge in [0.1, 0.15) is 0 Å². The summed E-state index contributed by atoms with van der Waals surface area (Å²) in [6.07, 6.45) is -2.86. The van der Waals surface area contributed by atoms with Gasteiger partial charge in [-0.05, 0) is 37.1 Å². The Kier molecular flexibility index (Phi) is 6.48. The standard InChI is InChI=1S/C14H17F3N2O.ClH/c15-14(16,17)9-10-3-1-4-12(7-10)19-13(20)8-11-5-2-6-18-11;/h1,3-4,7,11,18H,2,5-6,8-9H2,(H,19,20);1H. The predicted molar refractivity (Wildman–Crippen MR) is 77.7 cm³/mol. The van der Waals surface area contributed by atoms with Crippen molar-refractivity contribution >= 4 is 24.0 Å². The Balaban J connectivity index is 0.00000220. The van der Waals surface area contributed by atoms with Crippen molar-refractivity contribution in [3.63, 3.8) is 0 Å². The Morgan fingerprint density at radius 3 is 2.76 bits per heavy atom. The summed E-state index contributed by atoms with van der Waals surface area (Å²) in [4.78, 5) is 11.8. The van der Waals surface area contributed by atoms with Gasteiger partial charge in [-0.1, -0.05) is 12.1 Å². The molecule has 3 nitrogen and oxygen atoms in total. The van der Waals surface area contributed by atoms with Crippen LogP contribution < -0.4 is 10.6 Å². The largest absolute Gasteiger partial charge is 0.393 e. The first-order chi connectivity index (χ1) is 9.42. The lowest BCUT2D eigenvalue weighted by Crippen LogP contribution is -2.27. The summed E-state index contributed by atoms with van der Waals surface area (Å²) in [6.45, 7) is 0.916. The number of amides is 1. The quantitative estimate of drug-likeness (QED) is 0.893. The number of benzene rings is 1. The first-order valence-electron chi connectivity index (χ1n) is 6.61. The van der Waals surface area contributed by atoms with E-state index in [1.807, 2.05) is 0 Å². The molecule has 1 aromatic rings. The summed E-state index contributed by atoms with van der Waals surface area (Å²) in [5, 5.41) is 5.85. The molecular formula is C14H18ClF3N2O. The van der Waals surface area contributed by atoms with Gasteiger partial charge in [0.05, 0.1) is 6.42 Å². The molecule has 0 aliphatic carbocycles. The van der Waals surface area contributed by atoms with Crippen molar-refractivity contribution in [3.8, 4) is 0 Å². The molecule has 1 fully saturated rings. The zero-order valence-electron chi connectivity index (χ0n) is 11.4. The average Bonchev–Trinajstić information content (AvgIpc) is 2.79. The summed E-state index contributed by atoms with van der Waals surface area (Å²) in [6, 6.07) is 6.06. The van der Waals surface area contributed by atoms with Gasteiger partial charge in [-0.15, -0.1) is 12.4 Å². The molecule has 0 aromatic heterocycles. The van der Waals surface area contributed by atoms with Gasteiger partial charge in [0.2, 0.25) is 5.91 Å². The number of rotatable bonds is 4. The van der Waals surface area contributed by atoms with Crippen molar-refractivity contribution in [3.05, 3.63) is 29.8 Å². The monoisotopic (exact) mass is 322 g/mol. The van der Waals surface area contributed by atoms with E-state index < -0.39 is 12.6 Å². The van der Waals surface area contributed by atoms with Gasteiger partial charge in [0, 0.05) is 18.2 Å². The lowest BCUT2D eigenvalue weighted by molar-refractivity contribution is -0.127.